The molecule has 1 aliphatic rings. The molecule has 0 aromatic carbocycles. The molecule has 98 valence electrons. The zero-order chi connectivity index (χ0) is 12.8. The van der Waals surface area contributed by atoms with Gasteiger partial charge in [-0.25, -0.2) is 4.79 Å². The first kappa shape index (κ1) is 12.8. The molecule has 5 heteroatoms. The standard InChI is InChI=1S/C13H20N4O/c1-2-15-11-5-9-17(10-6-11)13(18)16-12-3-7-14-8-4-12/h3-4,7-8,11,15H,2,5-6,9-10H2,1H3,(H,14,16,18). The van der Waals surface area contributed by atoms with Crippen molar-refractivity contribution in [2.24, 2.45) is 0 Å². The van der Waals surface area contributed by atoms with E-state index in [2.05, 4.69) is 22.5 Å². The maximum Gasteiger partial charge on any atom is 0.321 e. The van der Waals surface area contributed by atoms with Crippen LogP contribution in [0.25, 0.3) is 0 Å². The molecule has 2 heterocycles. The highest BCUT2D eigenvalue weighted by Crippen LogP contribution is 2.12. The highest BCUT2D eigenvalue weighted by atomic mass is 16.2. The third-order valence-corrected chi connectivity index (χ3v) is 3.21. The van der Waals surface area contributed by atoms with E-state index >= 15 is 0 Å². The molecule has 18 heavy (non-hydrogen) atoms. The second kappa shape index (κ2) is 6.35. The molecule has 2 amide bonds. The fourth-order valence-corrected chi connectivity index (χ4v) is 2.21. The van der Waals surface area contributed by atoms with Crippen molar-refractivity contribution >= 4 is 11.7 Å². The number of anilines is 1. The van der Waals surface area contributed by atoms with E-state index in [1.165, 1.54) is 0 Å². The van der Waals surface area contributed by atoms with Crippen molar-refractivity contribution in [1.82, 2.24) is 15.2 Å². The van der Waals surface area contributed by atoms with Gasteiger partial charge in [-0.1, -0.05) is 6.92 Å². The largest absolute Gasteiger partial charge is 0.324 e. The lowest BCUT2D eigenvalue weighted by molar-refractivity contribution is 0.189. The van der Waals surface area contributed by atoms with Crippen molar-refractivity contribution in [3.05, 3.63) is 24.5 Å². The average Bonchev–Trinajstić information content (AvgIpc) is 2.41. The van der Waals surface area contributed by atoms with Crippen LogP contribution in [0.3, 0.4) is 0 Å². The topological polar surface area (TPSA) is 57.3 Å². The number of carbonyl (C=O) groups excluding carboxylic acids is 1. The Morgan fingerprint density at radius 1 is 1.39 bits per heavy atom. The number of hydrogen-bond acceptors (Lipinski definition) is 3. The molecule has 1 aromatic rings. The summed E-state index contributed by atoms with van der Waals surface area (Å²) in [7, 11) is 0. The van der Waals surface area contributed by atoms with Crippen LogP contribution in [0.1, 0.15) is 19.8 Å². The number of piperidine rings is 1. The average molecular weight is 248 g/mol. The third kappa shape index (κ3) is 3.43. The number of aromatic nitrogens is 1. The van der Waals surface area contributed by atoms with Crippen molar-refractivity contribution in [3.63, 3.8) is 0 Å². The number of urea groups is 1. The van der Waals surface area contributed by atoms with Crippen molar-refractivity contribution in [3.8, 4) is 0 Å². The Hall–Kier alpha value is -1.62. The minimum Gasteiger partial charge on any atom is -0.324 e. The van der Waals surface area contributed by atoms with E-state index in [9.17, 15) is 4.79 Å². The number of amides is 2. The zero-order valence-corrected chi connectivity index (χ0v) is 10.7. The van der Waals surface area contributed by atoms with Crippen LogP contribution in [-0.2, 0) is 0 Å². The van der Waals surface area contributed by atoms with Crippen LogP contribution in [0.15, 0.2) is 24.5 Å². The number of hydrogen-bond donors (Lipinski definition) is 2. The molecule has 0 aliphatic carbocycles. The Kier molecular flexibility index (Phi) is 4.52. The number of nitrogens with zero attached hydrogens (tertiary/aromatic N) is 2. The summed E-state index contributed by atoms with van der Waals surface area (Å²) >= 11 is 0. The van der Waals surface area contributed by atoms with Crippen molar-refractivity contribution < 1.29 is 4.79 Å². The minimum absolute atomic E-state index is 0.0175. The van der Waals surface area contributed by atoms with Gasteiger partial charge in [0.1, 0.15) is 0 Å². The van der Waals surface area contributed by atoms with E-state index in [1.807, 2.05) is 4.90 Å². The van der Waals surface area contributed by atoms with E-state index in [1.54, 1.807) is 24.5 Å². The molecule has 0 unspecified atom stereocenters. The van der Waals surface area contributed by atoms with E-state index in [-0.39, 0.29) is 6.03 Å². The van der Waals surface area contributed by atoms with Gasteiger partial charge in [-0.15, -0.1) is 0 Å². The maximum absolute atomic E-state index is 12.0. The van der Waals surface area contributed by atoms with Crippen LogP contribution in [0.4, 0.5) is 10.5 Å². The molecule has 2 rings (SSSR count). The van der Waals surface area contributed by atoms with Gasteiger partial charge in [0.05, 0.1) is 0 Å². The van der Waals surface area contributed by atoms with Gasteiger partial charge in [0.25, 0.3) is 0 Å². The molecule has 5 nitrogen and oxygen atoms in total. The fraction of sp³-hybridized carbons (Fsp3) is 0.538. The van der Waals surface area contributed by atoms with Crippen molar-refractivity contribution in [1.29, 1.82) is 0 Å². The van der Waals surface area contributed by atoms with Crippen molar-refractivity contribution in [2.75, 3.05) is 25.0 Å². The zero-order valence-electron chi connectivity index (χ0n) is 10.7. The summed E-state index contributed by atoms with van der Waals surface area (Å²) in [4.78, 5) is 17.8. The van der Waals surface area contributed by atoms with Gasteiger partial charge in [-0.3, -0.25) is 4.98 Å². The Morgan fingerprint density at radius 3 is 2.67 bits per heavy atom. The molecular formula is C13H20N4O. The van der Waals surface area contributed by atoms with Crippen LogP contribution < -0.4 is 10.6 Å². The summed E-state index contributed by atoms with van der Waals surface area (Å²) < 4.78 is 0. The predicted molar refractivity (Wildman–Crippen MR) is 71.5 cm³/mol. The summed E-state index contributed by atoms with van der Waals surface area (Å²) in [5, 5.41) is 6.31. The molecule has 1 aromatic heterocycles. The van der Waals surface area contributed by atoms with Crippen LogP contribution in [0.2, 0.25) is 0 Å². The van der Waals surface area contributed by atoms with E-state index in [4.69, 9.17) is 0 Å². The number of nitrogens with one attached hydrogen (secondary N) is 2. The summed E-state index contributed by atoms with van der Waals surface area (Å²) in [6, 6.07) is 4.13. The molecule has 1 saturated heterocycles. The van der Waals surface area contributed by atoms with Gasteiger partial charge in [-0.2, -0.15) is 0 Å². The molecule has 0 saturated carbocycles. The first-order valence-corrected chi connectivity index (χ1v) is 6.49. The predicted octanol–water partition coefficient (Wildman–Crippen LogP) is 1.69. The summed E-state index contributed by atoms with van der Waals surface area (Å²) in [6.07, 6.45) is 5.40. The van der Waals surface area contributed by atoms with Crippen LogP contribution in [0.5, 0.6) is 0 Å². The number of carbonyl (C=O) groups is 1. The van der Waals surface area contributed by atoms with Gasteiger partial charge in [0.15, 0.2) is 0 Å². The monoisotopic (exact) mass is 248 g/mol. The molecule has 1 fully saturated rings. The van der Waals surface area contributed by atoms with E-state index in [0.717, 1.165) is 38.2 Å². The molecule has 0 radical (unpaired) electrons. The van der Waals surface area contributed by atoms with Crippen LogP contribution >= 0.6 is 0 Å². The Labute approximate surface area is 108 Å². The number of pyridine rings is 1. The van der Waals surface area contributed by atoms with Gasteiger partial charge in [0, 0.05) is 37.2 Å². The number of rotatable bonds is 3. The lowest BCUT2D eigenvalue weighted by Crippen LogP contribution is -2.46. The smallest absolute Gasteiger partial charge is 0.321 e. The highest BCUT2D eigenvalue weighted by molar-refractivity contribution is 5.89. The minimum atomic E-state index is -0.0175. The molecular weight excluding hydrogens is 228 g/mol. The summed E-state index contributed by atoms with van der Waals surface area (Å²) in [5.74, 6) is 0. The van der Waals surface area contributed by atoms with E-state index in [0.29, 0.717) is 6.04 Å². The molecule has 2 N–H and O–H groups in total. The van der Waals surface area contributed by atoms with Gasteiger partial charge < -0.3 is 15.5 Å². The third-order valence-electron chi connectivity index (χ3n) is 3.21. The number of likely N-dealkylation sites (tertiary alicyclic amines) is 1. The van der Waals surface area contributed by atoms with Crippen molar-refractivity contribution in [2.45, 2.75) is 25.8 Å². The molecule has 0 atom stereocenters. The molecule has 0 bridgehead atoms. The van der Waals surface area contributed by atoms with E-state index < -0.39 is 0 Å². The SMILES string of the molecule is CCNC1CCN(C(=O)Nc2ccncc2)CC1. The molecule has 0 spiro atoms. The lowest BCUT2D eigenvalue weighted by Gasteiger charge is -2.32. The molecule has 1 aliphatic heterocycles. The quantitative estimate of drug-likeness (QED) is 0.855. The normalized spacial score (nSPS) is 16.6. The van der Waals surface area contributed by atoms with Crippen LogP contribution in [0, 0.1) is 0 Å². The van der Waals surface area contributed by atoms with Gasteiger partial charge in [-0.05, 0) is 31.5 Å². The fourth-order valence-electron chi connectivity index (χ4n) is 2.21. The first-order valence-electron chi connectivity index (χ1n) is 6.49. The first-order chi connectivity index (χ1) is 8.79. The maximum atomic E-state index is 12.0. The van der Waals surface area contributed by atoms with Gasteiger partial charge >= 0.3 is 6.03 Å². The Morgan fingerprint density at radius 2 is 2.06 bits per heavy atom. The second-order valence-corrected chi connectivity index (χ2v) is 4.49. The Bertz CT molecular complexity index is 374. The highest BCUT2D eigenvalue weighted by Gasteiger charge is 2.21. The summed E-state index contributed by atoms with van der Waals surface area (Å²) in [5.41, 5.74) is 0.795. The van der Waals surface area contributed by atoms with Crippen LogP contribution in [-0.4, -0.2) is 41.6 Å². The summed E-state index contributed by atoms with van der Waals surface area (Å²) in [6.45, 7) is 4.74. The lowest BCUT2D eigenvalue weighted by atomic mass is 10.1. The Balaban J connectivity index is 1.81. The second-order valence-electron chi connectivity index (χ2n) is 4.49. The van der Waals surface area contributed by atoms with Gasteiger partial charge in [0.2, 0.25) is 0 Å².